The number of aliphatic hydroxyl groups is 1. The fourth-order valence-electron chi connectivity index (χ4n) is 1.18. The molecule has 0 heterocycles. The molecule has 0 saturated heterocycles. The van der Waals surface area contributed by atoms with Crippen LogP contribution in [0.25, 0.3) is 0 Å². The van der Waals surface area contributed by atoms with Gasteiger partial charge >= 0.3 is 0 Å². The van der Waals surface area contributed by atoms with Gasteiger partial charge in [0.2, 0.25) is 5.91 Å². The SMILES string of the molecule is CC(C)[C@H](CO)NC(=O)[C@H](N)CCCN. The van der Waals surface area contributed by atoms with Gasteiger partial charge in [-0.05, 0) is 25.3 Å². The summed E-state index contributed by atoms with van der Waals surface area (Å²) in [6.07, 6.45) is 1.32. The molecule has 0 rings (SSSR count). The van der Waals surface area contributed by atoms with E-state index in [2.05, 4.69) is 5.32 Å². The second-order valence-corrected chi connectivity index (χ2v) is 4.08. The number of amides is 1. The Labute approximate surface area is 91.2 Å². The maximum atomic E-state index is 11.5. The number of carbonyl (C=O) groups excluding carboxylic acids is 1. The van der Waals surface area contributed by atoms with Crippen LogP contribution in [0.1, 0.15) is 26.7 Å². The summed E-state index contributed by atoms with van der Waals surface area (Å²) in [6, 6.07) is -0.747. The van der Waals surface area contributed by atoms with Crippen LogP contribution < -0.4 is 16.8 Å². The van der Waals surface area contributed by atoms with E-state index in [0.717, 1.165) is 6.42 Å². The summed E-state index contributed by atoms with van der Waals surface area (Å²) in [4.78, 5) is 11.5. The molecule has 0 unspecified atom stereocenters. The standard InChI is InChI=1S/C10H23N3O2/c1-7(2)9(6-14)13-10(15)8(12)4-3-5-11/h7-9,14H,3-6,11-12H2,1-2H3,(H,13,15)/t8-,9+/m1/s1. The summed E-state index contributed by atoms with van der Waals surface area (Å²) in [5, 5.41) is 11.7. The van der Waals surface area contributed by atoms with Crippen LogP contribution in [0, 0.1) is 5.92 Å². The first-order valence-electron chi connectivity index (χ1n) is 5.39. The Morgan fingerprint density at radius 3 is 2.47 bits per heavy atom. The monoisotopic (exact) mass is 217 g/mol. The summed E-state index contributed by atoms with van der Waals surface area (Å²) < 4.78 is 0. The largest absolute Gasteiger partial charge is 0.394 e. The molecule has 0 saturated carbocycles. The van der Waals surface area contributed by atoms with Gasteiger partial charge in [-0.25, -0.2) is 0 Å². The van der Waals surface area contributed by atoms with E-state index < -0.39 is 6.04 Å². The fourth-order valence-corrected chi connectivity index (χ4v) is 1.18. The minimum atomic E-state index is -0.527. The van der Waals surface area contributed by atoms with Crippen LogP contribution in [-0.2, 0) is 4.79 Å². The zero-order valence-electron chi connectivity index (χ0n) is 9.57. The third-order valence-corrected chi connectivity index (χ3v) is 2.39. The molecule has 0 aromatic heterocycles. The molecule has 90 valence electrons. The first-order chi connectivity index (χ1) is 7.02. The van der Waals surface area contributed by atoms with Crippen LogP contribution in [-0.4, -0.2) is 36.2 Å². The predicted octanol–water partition coefficient (Wildman–Crippen LogP) is -0.814. The lowest BCUT2D eigenvalue weighted by atomic mass is 10.0. The van der Waals surface area contributed by atoms with Gasteiger partial charge in [-0.15, -0.1) is 0 Å². The third kappa shape index (κ3) is 5.71. The molecule has 15 heavy (non-hydrogen) atoms. The Morgan fingerprint density at radius 2 is 2.07 bits per heavy atom. The number of nitrogens with one attached hydrogen (secondary N) is 1. The van der Waals surface area contributed by atoms with Crippen molar-refractivity contribution in [3.8, 4) is 0 Å². The maximum Gasteiger partial charge on any atom is 0.237 e. The van der Waals surface area contributed by atoms with Crippen molar-refractivity contribution in [2.24, 2.45) is 17.4 Å². The number of nitrogens with two attached hydrogens (primary N) is 2. The van der Waals surface area contributed by atoms with Crippen LogP contribution in [0.5, 0.6) is 0 Å². The molecule has 0 aromatic carbocycles. The summed E-state index contributed by atoms with van der Waals surface area (Å²) in [5.74, 6) is -0.0168. The van der Waals surface area contributed by atoms with Gasteiger partial charge in [0.1, 0.15) is 0 Å². The number of carbonyl (C=O) groups is 1. The minimum Gasteiger partial charge on any atom is -0.394 e. The molecular formula is C10H23N3O2. The molecule has 0 aliphatic carbocycles. The molecule has 5 heteroatoms. The molecule has 0 radical (unpaired) electrons. The van der Waals surface area contributed by atoms with E-state index >= 15 is 0 Å². The van der Waals surface area contributed by atoms with Crippen molar-refractivity contribution in [1.29, 1.82) is 0 Å². The van der Waals surface area contributed by atoms with Crippen LogP contribution in [0.15, 0.2) is 0 Å². The van der Waals surface area contributed by atoms with E-state index in [9.17, 15) is 4.79 Å². The van der Waals surface area contributed by atoms with Crippen LogP contribution in [0.2, 0.25) is 0 Å². The van der Waals surface area contributed by atoms with E-state index in [1.54, 1.807) is 0 Å². The Hall–Kier alpha value is -0.650. The average molecular weight is 217 g/mol. The Balaban J connectivity index is 3.98. The second kappa shape index (κ2) is 7.62. The highest BCUT2D eigenvalue weighted by Crippen LogP contribution is 2.01. The second-order valence-electron chi connectivity index (χ2n) is 4.08. The summed E-state index contributed by atoms with van der Waals surface area (Å²) >= 11 is 0. The number of hydrogen-bond acceptors (Lipinski definition) is 4. The molecule has 5 nitrogen and oxygen atoms in total. The van der Waals surface area contributed by atoms with Crippen molar-refractivity contribution in [2.45, 2.75) is 38.8 Å². The van der Waals surface area contributed by atoms with Crippen LogP contribution in [0.4, 0.5) is 0 Å². The highest BCUT2D eigenvalue weighted by molar-refractivity contribution is 5.81. The molecule has 0 spiro atoms. The van der Waals surface area contributed by atoms with Crippen LogP contribution in [0.3, 0.4) is 0 Å². The molecule has 6 N–H and O–H groups in total. The molecule has 0 aromatic rings. The van der Waals surface area contributed by atoms with Crippen molar-refractivity contribution < 1.29 is 9.90 Å². The molecule has 2 atom stereocenters. The Bertz CT molecular complexity index is 186. The summed E-state index contributed by atoms with van der Waals surface area (Å²) in [5.41, 5.74) is 11.0. The quantitative estimate of drug-likeness (QED) is 0.448. The number of rotatable bonds is 7. The van der Waals surface area contributed by atoms with Gasteiger partial charge in [-0.1, -0.05) is 13.8 Å². The molecule has 0 fully saturated rings. The molecule has 0 aliphatic rings. The van der Waals surface area contributed by atoms with E-state index in [0.29, 0.717) is 13.0 Å². The van der Waals surface area contributed by atoms with Crippen molar-refractivity contribution >= 4 is 5.91 Å². The smallest absolute Gasteiger partial charge is 0.237 e. The Morgan fingerprint density at radius 1 is 1.47 bits per heavy atom. The lowest BCUT2D eigenvalue weighted by Crippen LogP contribution is -2.48. The molecular weight excluding hydrogens is 194 g/mol. The molecule has 1 amide bonds. The van der Waals surface area contributed by atoms with Gasteiger partial charge in [0.15, 0.2) is 0 Å². The van der Waals surface area contributed by atoms with E-state index in [-0.39, 0.29) is 24.5 Å². The van der Waals surface area contributed by atoms with Gasteiger partial charge in [0.05, 0.1) is 18.7 Å². The summed E-state index contributed by atoms with van der Waals surface area (Å²) in [7, 11) is 0. The molecule has 0 aliphatic heterocycles. The van der Waals surface area contributed by atoms with Crippen molar-refractivity contribution in [2.75, 3.05) is 13.2 Å². The Kier molecular flexibility index (Phi) is 7.29. The first-order valence-corrected chi connectivity index (χ1v) is 5.39. The normalized spacial score (nSPS) is 15.1. The number of aliphatic hydroxyl groups excluding tert-OH is 1. The zero-order valence-corrected chi connectivity index (χ0v) is 9.57. The number of hydrogen-bond donors (Lipinski definition) is 4. The summed E-state index contributed by atoms with van der Waals surface area (Å²) in [6.45, 7) is 4.35. The fraction of sp³-hybridized carbons (Fsp3) is 0.900. The highest BCUT2D eigenvalue weighted by atomic mass is 16.3. The maximum absolute atomic E-state index is 11.5. The van der Waals surface area contributed by atoms with Gasteiger partial charge in [0.25, 0.3) is 0 Å². The third-order valence-electron chi connectivity index (χ3n) is 2.39. The van der Waals surface area contributed by atoms with Gasteiger partial charge in [-0.3, -0.25) is 4.79 Å². The van der Waals surface area contributed by atoms with Gasteiger partial charge < -0.3 is 21.9 Å². The highest BCUT2D eigenvalue weighted by Gasteiger charge is 2.19. The van der Waals surface area contributed by atoms with Gasteiger partial charge in [0, 0.05) is 0 Å². The molecule has 0 bridgehead atoms. The van der Waals surface area contributed by atoms with Crippen molar-refractivity contribution in [1.82, 2.24) is 5.32 Å². The van der Waals surface area contributed by atoms with Crippen molar-refractivity contribution in [3.63, 3.8) is 0 Å². The lowest BCUT2D eigenvalue weighted by Gasteiger charge is -2.22. The topological polar surface area (TPSA) is 101 Å². The predicted molar refractivity (Wildman–Crippen MR) is 60.1 cm³/mol. The van der Waals surface area contributed by atoms with Crippen molar-refractivity contribution in [3.05, 3.63) is 0 Å². The minimum absolute atomic E-state index is 0.0625. The van der Waals surface area contributed by atoms with E-state index in [1.165, 1.54) is 0 Å². The van der Waals surface area contributed by atoms with E-state index in [1.807, 2.05) is 13.8 Å². The zero-order chi connectivity index (χ0) is 11.8. The van der Waals surface area contributed by atoms with E-state index in [4.69, 9.17) is 16.6 Å². The lowest BCUT2D eigenvalue weighted by molar-refractivity contribution is -0.123. The first kappa shape index (κ1) is 14.3. The van der Waals surface area contributed by atoms with Gasteiger partial charge in [-0.2, -0.15) is 0 Å². The average Bonchev–Trinajstić information content (AvgIpc) is 2.21. The van der Waals surface area contributed by atoms with Crippen LogP contribution >= 0.6 is 0 Å².